The number of benzene rings is 4. The van der Waals surface area contributed by atoms with Gasteiger partial charge in [0, 0.05) is 17.1 Å². The average Bonchev–Trinajstić information content (AvgIpc) is 3.79. The Morgan fingerprint density at radius 2 is 0.800 bits per heavy atom. The molecular formula is C38H44F4FeP2. The van der Waals surface area contributed by atoms with Crippen LogP contribution < -0.4 is 21.2 Å². The van der Waals surface area contributed by atoms with E-state index < -0.39 is 15.8 Å². The third-order valence-electron chi connectivity index (χ3n) is 8.56. The van der Waals surface area contributed by atoms with Crippen molar-refractivity contribution in [1.82, 2.24) is 0 Å². The van der Waals surface area contributed by atoms with Crippen molar-refractivity contribution in [2.75, 3.05) is 0 Å². The van der Waals surface area contributed by atoms with E-state index in [1.807, 2.05) is 62.4 Å². The third-order valence-corrected chi connectivity index (χ3v) is 14.5. The summed E-state index contributed by atoms with van der Waals surface area (Å²) >= 11 is 0. The Labute approximate surface area is 280 Å². The molecule has 0 aromatic heterocycles. The fraction of sp³-hybridized carbons (Fsp3) is 0.368. The Bertz CT molecular complexity index is 1290. The first kappa shape index (κ1) is 37.4. The van der Waals surface area contributed by atoms with Gasteiger partial charge in [-0.15, -0.1) is 0 Å². The van der Waals surface area contributed by atoms with Crippen LogP contribution in [0.2, 0.25) is 0 Å². The van der Waals surface area contributed by atoms with E-state index in [0.717, 1.165) is 40.5 Å². The van der Waals surface area contributed by atoms with Crippen LogP contribution >= 0.6 is 15.8 Å². The van der Waals surface area contributed by atoms with Crippen molar-refractivity contribution >= 4 is 37.1 Å². The molecule has 0 amide bonds. The second-order valence-electron chi connectivity index (χ2n) is 11.3. The Morgan fingerprint density at radius 3 is 1.13 bits per heavy atom. The van der Waals surface area contributed by atoms with Crippen LogP contribution in [0.3, 0.4) is 0 Å². The second-order valence-corrected chi connectivity index (χ2v) is 16.3. The molecule has 0 bridgehead atoms. The van der Waals surface area contributed by atoms with Gasteiger partial charge in [0.1, 0.15) is 23.3 Å². The number of hydrogen-bond donors (Lipinski definition) is 0. The van der Waals surface area contributed by atoms with Gasteiger partial charge >= 0.3 is 0 Å². The van der Waals surface area contributed by atoms with Crippen molar-refractivity contribution in [2.24, 2.45) is 5.92 Å². The van der Waals surface area contributed by atoms with E-state index >= 15 is 0 Å². The van der Waals surface area contributed by atoms with E-state index in [4.69, 9.17) is 0 Å². The second kappa shape index (κ2) is 19.0. The van der Waals surface area contributed by atoms with E-state index in [9.17, 15) is 17.6 Å². The molecule has 0 radical (unpaired) electrons. The summed E-state index contributed by atoms with van der Waals surface area (Å²) in [6.45, 7) is 6.27. The predicted octanol–water partition coefficient (Wildman–Crippen LogP) is 10.3. The SMILES string of the molecule is C1CCCC1.CC.CC([C@@H]1CCCC1P(c1ccc(F)cc1)c1ccc(F)cc1)P(c1ccc(F)cc1)c1ccc(F)cc1.[Fe]. The summed E-state index contributed by atoms with van der Waals surface area (Å²) in [5.74, 6) is -0.751. The largest absolute Gasteiger partial charge is 0.207 e. The van der Waals surface area contributed by atoms with Crippen molar-refractivity contribution in [3.8, 4) is 0 Å². The maximum Gasteiger partial charge on any atom is 0.123 e. The monoisotopic (exact) mass is 694 g/mol. The maximum atomic E-state index is 13.8. The normalized spacial score (nSPS) is 18.0. The van der Waals surface area contributed by atoms with Crippen LogP contribution in [-0.2, 0) is 17.1 Å². The first-order valence-electron chi connectivity index (χ1n) is 16.0. The van der Waals surface area contributed by atoms with Crippen molar-refractivity contribution in [3.63, 3.8) is 0 Å². The van der Waals surface area contributed by atoms with Gasteiger partial charge in [0.25, 0.3) is 0 Å². The molecule has 0 spiro atoms. The Kier molecular flexibility index (Phi) is 15.8. The van der Waals surface area contributed by atoms with E-state index in [2.05, 4.69) is 6.92 Å². The van der Waals surface area contributed by atoms with E-state index in [1.165, 1.54) is 80.6 Å². The van der Waals surface area contributed by atoms with E-state index in [-0.39, 0.29) is 46.0 Å². The fourth-order valence-electron chi connectivity index (χ4n) is 6.49. The maximum absolute atomic E-state index is 13.8. The van der Waals surface area contributed by atoms with Gasteiger partial charge in [-0.25, -0.2) is 17.6 Å². The number of rotatable bonds is 7. The first-order chi connectivity index (χ1) is 21.4. The first-order valence-corrected chi connectivity index (χ1v) is 18.8. The summed E-state index contributed by atoms with van der Waals surface area (Å²) < 4.78 is 55.3. The molecule has 7 heteroatoms. The average molecular weight is 695 g/mol. The van der Waals surface area contributed by atoms with Gasteiger partial charge in [0.2, 0.25) is 0 Å². The topological polar surface area (TPSA) is 0 Å². The fourth-order valence-corrected chi connectivity index (χ4v) is 12.8. The molecule has 2 fully saturated rings. The van der Waals surface area contributed by atoms with Gasteiger partial charge in [0.15, 0.2) is 0 Å². The number of hydrogen-bond acceptors (Lipinski definition) is 0. The van der Waals surface area contributed by atoms with Crippen molar-refractivity contribution < 1.29 is 34.6 Å². The van der Waals surface area contributed by atoms with Crippen LogP contribution in [0, 0.1) is 29.2 Å². The molecule has 3 atom stereocenters. The smallest absolute Gasteiger partial charge is 0.123 e. The van der Waals surface area contributed by atoms with Crippen molar-refractivity contribution in [1.29, 1.82) is 0 Å². The zero-order valence-corrected chi connectivity index (χ0v) is 29.3. The molecule has 4 aromatic carbocycles. The molecule has 0 aliphatic heterocycles. The summed E-state index contributed by atoms with van der Waals surface area (Å²) in [7, 11) is -1.75. The quantitative estimate of drug-likeness (QED) is 0.103. The summed E-state index contributed by atoms with van der Waals surface area (Å²) in [5.41, 5.74) is 0.566. The minimum atomic E-state index is -0.890. The number of halogens is 4. The summed E-state index contributed by atoms with van der Waals surface area (Å²) in [6.07, 6.45) is 10.7. The summed E-state index contributed by atoms with van der Waals surface area (Å²) in [4.78, 5) is 0. The molecule has 0 N–H and O–H groups in total. The van der Waals surface area contributed by atoms with Crippen LogP contribution in [0.5, 0.6) is 0 Å². The Morgan fingerprint density at radius 1 is 0.489 bits per heavy atom. The van der Waals surface area contributed by atoms with Gasteiger partial charge in [-0.3, -0.25) is 0 Å². The molecule has 2 aliphatic rings. The standard InChI is InChI=1S/C31H28F4P2.C5H10.C2H6.Fe/c1-21(36(26-13-5-22(32)6-14-26)27-15-7-23(33)8-16-27)30-3-2-4-31(30)37(28-17-9-24(34)10-18-28)29-19-11-25(35)12-20-29;1-2-4-5-3-1;1-2;/h5-21,30-31H,2-4H2,1H3;1-5H2;1-2H3;/t21?,30-,31?;;;/m0.../s1. The van der Waals surface area contributed by atoms with Gasteiger partial charge in [0.05, 0.1) is 0 Å². The Balaban J connectivity index is 0.000000620. The van der Waals surface area contributed by atoms with E-state index in [1.54, 1.807) is 0 Å². The molecule has 242 valence electrons. The van der Waals surface area contributed by atoms with Crippen LogP contribution in [0.1, 0.15) is 72.1 Å². The predicted molar refractivity (Wildman–Crippen MR) is 183 cm³/mol. The van der Waals surface area contributed by atoms with Crippen molar-refractivity contribution in [2.45, 2.75) is 83.5 Å². The minimum absolute atomic E-state index is 0. The van der Waals surface area contributed by atoms with Crippen molar-refractivity contribution in [3.05, 3.63) is 120 Å². The zero-order chi connectivity index (χ0) is 31.5. The Hall–Kier alpha value is -2.02. The molecule has 6 rings (SSSR count). The molecule has 2 unspecified atom stereocenters. The summed E-state index contributed by atoms with van der Waals surface area (Å²) in [6, 6.07) is 26.9. The molecular weight excluding hydrogens is 650 g/mol. The van der Waals surface area contributed by atoms with Crippen LogP contribution in [0.25, 0.3) is 0 Å². The molecule has 0 nitrogen and oxygen atoms in total. The molecule has 4 aromatic rings. The van der Waals surface area contributed by atoms with E-state index in [0.29, 0.717) is 11.6 Å². The van der Waals surface area contributed by atoms with Gasteiger partial charge in [-0.1, -0.05) is 108 Å². The third kappa shape index (κ3) is 10.2. The molecule has 0 heterocycles. The van der Waals surface area contributed by atoms with Gasteiger partial charge in [-0.2, -0.15) is 0 Å². The van der Waals surface area contributed by atoms with Crippen LogP contribution in [-0.4, -0.2) is 11.3 Å². The molecule has 45 heavy (non-hydrogen) atoms. The zero-order valence-electron chi connectivity index (χ0n) is 26.4. The summed E-state index contributed by atoms with van der Waals surface area (Å²) in [5, 5.41) is 4.29. The van der Waals surface area contributed by atoms with Gasteiger partial charge < -0.3 is 0 Å². The van der Waals surface area contributed by atoms with Crippen LogP contribution in [0.15, 0.2) is 97.1 Å². The minimum Gasteiger partial charge on any atom is -0.207 e. The van der Waals surface area contributed by atoms with Gasteiger partial charge in [-0.05, 0) is 116 Å². The molecule has 2 aliphatic carbocycles. The molecule has 2 saturated carbocycles. The molecule has 0 saturated heterocycles. The van der Waals surface area contributed by atoms with Crippen LogP contribution in [0.4, 0.5) is 17.6 Å².